The molecule has 3 rings (SSSR count). The molecule has 0 aromatic heterocycles. The summed E-state index contributed by atoms with van der Waals surface area (Å²) >= 11 is 0. The fourth-order valence-electron chi connectivity index (χ4n) is 2.19. The molecule has 1 aliphatic heterocycles. The van der Waals surface area contributed by atoms with E-state index in [1.54, 1.807) is 0 Å². The number of ether oxygens (including phenoxy) is 1. The van der Waals surface area contributed by atoms with Crippen molar-refractivity contribution >= 4 is 21.4 Å². The Labute approximate surface area is 118 Å². The first-order valence-electron chi connectivity index (χ1n) is 6.11. The lowest BCUT2D eigenvalue weighted by atomic mass is 10.1. The lowest BCUT2D eigenvalue weighted by molar-refractivity contribution is 0.481. The molecule has 0 saturated heterocycles. The van der Waals surface area contributed by atoms with Crippen LogP contribution in [0, 0.1) is 0 Å². The molecule has 2 aromatic carbocycles. The molecular weight excluding hydrogens is 272 g/mol. The average Bonchev–Trinajstić information content (AvgIpc) is 2.38. The molecule has 1 unspecified atom stereocenters. The third-order valence-electron chi connectivity index (χ3n) is 2.99. The first kappa shape index (κ1) is 12.7. The molecule has 0 radical (unpaired) electrons. The molecule has 0 spiro atoms. The highest BCUT2D eigenvalue weighted by Crippen LogP contribution is 2.31. The maximum Gasteiger partial charge on any atom is 0.144 e. The van der Waals surface area contributed by atoms with Crippen molar-refractivity contribution in [2.24, 2.45) is 10.1 Å². The molecule has 0 fully saturated rings. The molecular formula is C15H14N2O2S. The van der Waals surface area contributed by atoms with Crippen molar-refractivity contribution in [3.05, 3.63) is 59.7 Å². The molecule has 20 heavy (non-hydrogen) atoms. The van der Waals surface area contributed by atoms with Crippen molar-refractivity contribution < 1.29 is 8.95 Å². The van der Waals surface area contributed by atoms with Gasteiger partial charge in [0.15, 0.2) is 0 Å². The van der Waals surface area contributed by atoms with Gasteiger partial charge >= 0.3 is 0 Å². The van der Waals surface area contributed by atoms with E-state index in [1.165, 1.54) is 0 Å². The molecule has 1 aliphatic rings. The molecule has 1 heterocycles. The minimum Gasteiger partial charge on any atom is -0.457 e. The van der Waals surface area contributed by atoms with Gasteiger partial charge in [-0.15, -0.1) is 0 Å². The van der Waals surface area contributed by atoms with E-state index in [2.05, 4.69) is 10.3 Å². The molecule has 4 nitrogen and oxygen atoms in total. The zero-order valence-corrected chi connectivity index (χ0v) is 11.6. The van der Waals surface area contributed by atoms with E-state index in [1.807, 2.05) is 48.5 Å². The van der Waals surface area contributed by atoms with Crippen LogP contribution in [0.1, 0.15) is 11.1 Å². The number of hydrogen-bond donors (Lipinski definition) is 1. The molecule has 0 amide bonds. The van der Waals surface area contributed by atoms with Gasteiger partial charge in [-0.3, -0.25) is 0 Å². The predicted octanol–water partition coefficient (Wildman–Crippen LogP) is 2.33. The third kappa shape index (κ3) is 2.40. The second-order valence-corrected chi connectivity index (χ2v) is 6.62. The van der Waals surface area contributed by atoms with Crippen LogP contribution >= 0.6 is 0 Å². The van der Waals surface area contributed by atoms with Crippen molar-refractivity contribution in [3.8, 4) is 11.5 Å². The van der Waals surface area contributed by atoms with Crippen LogP contribution in [-0.2, 0) is 15.5 Å². The van der Waals surface area contributed by atoms with E-state index in [-0.39, 0.29) is 11.6 Å². The highest BCUT2D eigenvalue weighted by atomic mass is 32.2. The van der Waals surface area contributed by atoms with Gasteiger partial charge in [-0.1, -0.05) is 30.3 Å². The fraction of sp³-hybridized carbons (Fsp3) is 0.0667. The first-order chi connectivity index (χ1) is 9.55. The van der Waals surface area contributed by atoms with Crippen LogP contribution < -0.4 is 10.5 Å². The Morgan fingerprint density at radius 2 is 1.90 bits per heavy atom. The normalized spacial score (nSPS) is 20.9. The van der Waals surface area contributed by atoms with Crippen molar-refractivity contribution in [3.63, 3.8) is 0 Å². The zero-order chi connectivity index (χ0) is 14.2. The van der Waals surface area contributed by atoms with E-state index >= 15 is 0 Å². The van der Waals surface area contributed by atoms with Gasteiger partial charge in [-0.25, -0.2) is 4.21 Å². The number of benzene rings is 2. The van der Waals surface area contributed by atoms with E-state index in [0.29, 0.717) is 11.3 Å². The Balaban J connectivity index is 2.07. The van der Waals surface area contributed by atoms with Crippen LogP contribution in [0.15, 0.2) is 52.9 Å². The lowest BCUT2D eigenvalue weighted by Crippen LogP contribution is -2.24. The summed E-state index contributed by atoms with van der Waals surface area (Å²) in [6.07, 6.45) is 0. The topological polar surface area (TPSA) is 64.7 Å². The quantitative estimate of drug-likeness (QED) is 0.862. The highest BCUT2D eigenvalue weighted by molar-refractivity contribution is 7.98. The van der Waals surface area contributed by atoms with E-state index < -0.39 is 9.71 Å². The minimum atomic E-state index is -2.53. The van der Waals surface area contributed by atoms with Gasteiger partial charge in [-0.2, -0.15) is 4.40 Å². The molecule has 102 valence electrons. The van der Waals surface area contributed by atoms with Crippen LogP contribution in [0.25, 0.3) is 0 Å². The maximum atomic E-state index is 12.0. The monoisotopic (exact) mass is 286 g/mol. The Kier molecular flexibility index (Phi) is 2.99. The molecule has 0 aliphatic carbocycles. The number of hydrogen-bond acceptors (Lipinski definition) is 3. The maximum absolute atomic E-state index is 12.0. The van der Waals surface area contributed by atoms with Crippen molar-refractivity contribution in [2.75, 3.05) is 0 Å². The highest BCUT2D eigenvalue weighted by Gasteiger charge is 2.22. The number of fused-ring (bicyclic) bond motifs is 1. The predicted molar refractivity (Wildman–Crippen MR) is 82.6 cm³/mol. The van der Waals surface area contributed by atoms with Crippen LogP contribution in [0.5, 0.6) is 11.5 Å². The summed E-state index contributed by atoms with van der Waals surface area (Å²) in [5, 5.41) is 0. The summed E-state index contributed by atoms with van der Waals surface area (Å²) < 4.78 is 21.9. The van der Waals surface area contributed by atoms with Crippen LogP contribution in [-0.4, -0.2) is 15.9 Å². The van der Waals surface area contributed by atoms with E-state index in [4.69, 9.17) is 10.5 Å². The van der Waals surface area contributed by atoms with Gasteiger partial charge < -0.3 is 10.5 Å². The minimum absolute atomic E-state index is 0.220. The molecule has 1 atom stereocenters. The summed E-state index contributed by atoms with van der Waals surface area (Å²) in [5.41, 5.74) is 7.49. The van der Waals surface area contributed by atoms with Crippen molar-refractivity contribution in [1.29, 1.82) is 0 Å². The second kappa shape index (κ2) is 4.68. The Morgan fingerprint density at radius 1 is 1.15 bits per heavy atom. The van der Waals surface area contributed by atoms with Crippen LogP contribution in [0.3, 0.4) is 0 Å². The molecule has 2 N–H and O–H groups in total. The molecule has 2 aromatic rings. The van der Waals surface area contributed by atoms with Crippen molar-refractivity contribution in [2.45, 2.75) is 5.75 Å². The summed E-state index contributed by atoms with van der Waals surface area (Å²) in [7, 11) is -2.53. The SMILES string of the molecule is C=S1(=O)Cc2cccc(Oc3ccccc3)c2C(N)=N1. The summed E-state index contributed by atoms with van der Waals surface area (Å²) in [4.78, 5) is 0. The van der Waals surface area contributed by atoms with Gasteiger partial charge in [0.05, 0.1) is 21.0 Å². The van der Waals surface area contributed by atoms with Crippen LogP contribution in [0.2, 0.25) is 0 Å². The van der Waals surface area contributed by atoms with Crippen LogP contribution in [0.4, 0.5) is 0 Å². The Bertz CT molecular complexity index is 781. The summed E-state index contributed by atoms with van der Waals surface area (Å²) in [5.74, 6) is 5.45. The number of nitrogens with two attached hydrogens (primary N) is 1. The second-order valence-electron chi connectivity index (χ2n) is 4.60. The van der Waals surface area contributed by atoms with Gasteiger partial charge in [0.2, 0.25) is 0 Å². The Morgan fingerprint density at radius 3 is 2.65 bits per heavy atom. The third-order valence-corrected chi connectivity index (χ3v) is 4.28. The van der Waals surface area contributed by atoms with Crippen molar-refractivity contribution in [1.82, 2.24) is 0 Å². The zero-order valence-electron chi connectivity index (χ0n) is 10.8. The number of para-hydroxylation sites is 1. The number of nitrogens with zero attached hydrogens (tertiary/aromatic N) is 1. The fourth-order valence-corrected chi connectivity index (χ4v) is 3.43. The number of amidine groups is 1. The van der Waals surface area contributed by atoms with Gasteiger partial charge in [0, 0.05) is 0 Å². The summed E-state index contributed by atoms with van der Waals surface area (Å²) in [6.45, 7) is 0. The Hall–Kier alpha value is -2.27. The van der Waals surface area contributed by atoms with E-state index in [9.17, 15) is 4.21 Å². The standard InChI is InChI=1S/C15H14N2O2S/c1-20(18)10-11-6-5-9-13(14(11)15(16)17-20)19-12-7-3-2-4-8-12/h2-9H,1,10H2,(H2,16,17,18). The largest absolute Gasteiger partial charge is 0.457 e. The molecule has 5 heteroatoms. The number of rotatable bonds is 2. The smallest absolute Gasteiger partial charge is 0.144 e. The molecule has 0 saturated carbocycles. The van der Waals surface area contributed by atoms with Gasteiger partial charge in [0.1, 0.15) is 17.3 Å². The lowest BCUT2D eigenvalue weighted by Gasteiger charge is -2.19. The van der Waals surface area contributed by atoms with E-state index in [0.717, 1.165) is 11.3 Å². The van der Waals surface area contributed by atoms with Gasteiger partial charge in [-0.05, 0) is 29.6 Å². The average molecular weight is 286 g/mol. The molecule has 0 bridgehead atoms. The first-order valence-corrected chi connectivity index (χ1v) is 7.96. The van der Waals surface area contributed by atoms with Gasteiger partial charge in [0.25, 0.3) is 0 Å². The summed E-state index contributed by atoms with van der Waals surface area (Å²) in [6, 6.07) is 15.0.